The number of thiophene rings is 1. The van der Waals surface area contributed by atoms with Crippen molar-refractivity contribution in [3.05, 3.63) is 53.3 Å². The first-order valence-corrected chi connectivity index (χ1v) is 10.9. The van der Waals surface area contributed by atoms with Gasteiger partial charge in [-0.3, -0.25) is 9.48 Å². The van der Waals surface area contributed by atoms with Crippen LogP contribution in [0, 0.1) is 18.3 Å². The van der Waals surface area contributed by atoms with Crippen LogP contribution in [0.15, 0.2) is 47.9 Å². The Kier molecular flexibility index (Phi) is 5.53. The lowest BCUT2D eigenvalue weighted by molar-refractivity contribution is -0.115. The van der Waals surface area contributed by atoms with E-state index in [0.717, 1.165) is 31.2 Å². The highest BCUT2D eigenvalue weighted by Crippen LogP contribution is 2.42. The topological polar surface area (TPSA) is 96.5 Å². The van der Waals surface area contributed by atoms with Gasteiger partial charge in [0, 0.05) is 17.5 Å². The molecule has 0 radical (unpaired) electrons. The van der Waals surface area contributed by atoms with Gasteiger partial charge in [-0.1, -0.05) is 42.1 Å². The fraction of sp³-hybridized carbons (Fsp3) is 0.190. The van der Waals surface area contributed by atoms with Crippen LogP contribution in [0.4, 0.5) is 5.82 Å². The molecule has 1 N–H and O–H groups in total. The zero-order chi connectivity index (χ0) is 21.3. The smallest absolute Gasteiger partial charge is 0.238 e. The van der Waals surface area contributed by atoms with Crippen molar-refractivity contribution in [3.63, 3.8) is 0 Å². The number of aromatic nitrogens is 4. The van der Waals surface area contributed by atoms with E-state index < -0.39 is 5.25 Å². The van der Waals surface area contributed by atoms with E-state index in [-0.39, 0.29) is 5.91 Å². The summed E-state index contributed by atoms with van der Waals surface area (Å²) in [6, 6.07) is 12.2. The maximum absolute atomic E-state index is 12.8. The van der Waals surface area contributed by atoms with Crippen LogP contribution in [-0.2, 0) is 11.8 Å². The SMILES string of the molecule is Cc1sc2ncnc(SC(C)C(=O)Nc3c(C#N)cnn3C)c2c1-c1ccccc1. The van der Waals surface area contributed by atoms with E-state index in [1.165, 1.54) is 29.0 Å². The Labute approximate surface area is 181 Å². The Morgan fingerprint density at radius 1 is 1.30 bits per heavy atom. The molecule has 0 aliphatic heterocycles. The Hall–Kier alpha value is -3.22. The van der Waals surface area contributed by atoms with Crippen molar-refractivity contribution in [1.82, 2.24) is 19.7 Å². The van der Waals surface area contributed by atoms with Gasteiger partial charge in [-0.2, -0.15) is 10.4 Å². The summed E-state index contributed by atoms with van der Waals surface area (Å²) in [4.78, 5) is 23.8. The van der Waals surface area contributed by atoms with Crippen LogP contribution in [0.1, 0.15) is 17.4 Å². The molecule has 0 spiro atoms. The third-order valence-corrected chi connectivity index (χ3v) is 6.76. The molecule has 3 aromatic heterocycles. The number of carbonyl (C=O) groups is 1. The standard InChI is InChI=1S/C21H18N6OS2/c1-12-16(14-7-5-4-6-8-14)17-20(29-12)23-11-24-21(17)30-13(2)19(28)26-18-15(9-22)10-25-27(18)3/h4-8,10-11,13H,1-3H3,(H,26,28). The van der Waals surface area contributed by atoms with Gasteiger partial charge < -0.3 is 5.32 Å². The van der Waals surface area contributed by atoms with E-state index >= 15 is 0 Å². The van der Waals surface area contributed by atoms with E-state index in [4.69, 9.17) is 0 Å². The minimum atomic E-state index is -0.437. The summed E-state index contributed by atoms with van der Waals surface area (Å²) in [5.74, 6) is 0.166. The third kappa shape index (κ3) is 3.67. The number of hydrogen-bond donors (Lipinski definition) is 1. The second-order valence-corrected chi connectivity index (χ2v) is 9.18. The number of aryl methyl sites for hydroxylation is 2. The Bertz CT molecular complexity index is 1270. The zero-order valence-corrected chi connectivity index (χ0v) is 18.2. The second kappa shape index (κ2) is 8.26. The van der Waals surface area contributed by atoms with E-state index in [9.17, 15) is 10.1 Å². The summed E-state index contributed by atoms with van der Waals surface area (Å²) < 4.78 is 1.48. The molecular weight excluding hydrogens is 416 g/mol. The highest BCUT2D eigenvalue weighted by atomic mass is 32.2. The van der Waals surface area contributed by atoms with Gasteiger partial charge in [-0.25, -0.2) is 9.97 Å². The third-order valence-electron chi connectivity index (χ3n) is 4.65. The van der Waals surface area contributed by atoms with Crippen LogP contribution in [0.3, 0.4) is 0 Å². The molecule has 0 aliphatic carbocycles. The summed E-state index contributed by atoms with van der Waals surface area (Å²) in [7, 11) is 1.68. The number of benzene rings is 1. The Morgan fingerprint density at radius 3 is 2.80 bits per heavy atom. The number of nitrogens with zero attached hydrogens (tertiary/aromatic N) is 5. The molecule has 1 atom stereocenters. The number of rotatable bonds is 5. The largest absolute Gasteiger partial charge is 0.309 e. The van der Waals surface area contributed by atoms with Crippen molar-refractivity contribution in [2.45, 2.75) is 24.1 Å². The fourth-order valence-corrected chi connectivity index (χ4v) is 5.17. The van der Waals surface area contributed by atoms with Crippen LogP contribution in [0.25, 0.3) is 21.3 Å². The molecule has 7 nitrogen and oxygen atoms in total. The van der Waals surface area contributed by atoms with Crippen LogP contribution < -0.4 is 5.32 Å². The van der Waals surface area contributed by atoms with Crippen molar-refractivity contribution in [2.75, 3.05) is 5.32 Å². The number of nitriles is 1. The number of hydrogen-bond acceptors (Lipinski definition) is 7. The molecule has 3 heterocycles. The van der Waals surface area contributed by atoms with Gasteiger partial charge in [-0.05, 0) is 19.4 Å². The molecule has 9 heteroatoms. The monoisotopic (exact) mass is 434 g/mol. The molecule has 1 unspecified atom stereocenters. The molecule has 4 aromatic rings. The van der Waals surface area contributed by atoms with E-state index in [1.54, 1.807) is 18.4 Å². The van der Waals surface area contributed by atoms with Crippen molar-refractivity contribution in [1.29, 1.82) is 5.26 Å². The highest BCUT2D eigenvalue weighted by molar-refractivity contribution is 8.00. The normalized spacial score (nSPS) is 11.9. The van der Waals surface area contributed by atoms with E-state index in [1.807, 2.05) is 31.2 Å². The quantitative estimate of drug-likeness (QED) is 0.370. The van der Waals surface area contributed by atoms with Gasteiger partial charge in [0.05, 0.1) is 16.8 Å². The molecule has 0 fully saturated rings. The fourth-order valence-electron chi connectivity index (χ4n) is 3.17. The molecule has 0 aliphatic rings. The number of thioether (sulfide) groups is 1. The van der Waals surface area contributed by atoms with Crippen LogP contribution in [0.2, 0.25) is 0 Å². The average Bonchev–Trinajstić information content (AvgIpc) is 3.28. The van der Waals surface area contributed by atoms with Gasteiger partial charge in [0.2, 0.25) is 5.91 Å². The summed E-state index contributed by atoms with van der Waals surface area (Å²) in [6.07, 6.45) is 2.97. The number of nitrogens with one attached hydrogen (secondary N) is 1. The minimum Gasteiger partial charge on any atom is -0.309 e. The average molecular weight is 435 g/mol. The van der Waals surface area contributed by atoms with Gasteiger partial charge in [0.25, 0.3) is 0 Å². The molecule has 1 aromatic carbocycles. The van der Waals surface area contributed by atoms with Gasteiger partial charge in [-0.15, -0.1) is 11.3 Å². The molecule has 0 saturated heterocycles. The number of anilines is 1. The lowest BCUT2D eigenvalue weighted by Crippen LogP contribution is -2.24. The van der Waals surface area contributed by atoms with Crippen molar-refractivity contribution in [3.8, 4) is 17.2 Å². The number of carbonyl (C=O) groups excluding carboxylic acids is 1. The second-order valence-electron chi connectivity index (χ2n) is 6.65. The maximum atomic E-state index is 12.8. The van der Waals surface area contributed by atoms with Crippen LogP contribution in [-0.4, -0.2) is 30.9 Å². The van der Waals surface area contributed by atoms with Crippen LogP contribution >= 0.6 is 23.1 Å². The lowest BCUT2D eigenvalue weighted by atomic mass is 10.0. The molecule has 150 valence electrons. The first-order valence-electron chi connectivity index (χ1n) is 9.18. The molecule has 0 saturated carbocycles. The maximum Gasteiger partial charge on any atom is 0.238 e. The minimum absolute atomic E-state index is 0.222. The molecule has 4 rings (SSSR count). The first-order chi connectivity index (χ1) is 14.5. The lowest BCUT2D eigenvalue weighted by Gasteiger charge is -2.13. The predicted molar refractivity (Wildman–Crippen MR) is 119 cm³/mol. The van der Waals surface area contributed by atoms with E-state index in [0.29, 0.717) is 11.4 Å². The summed E-state index contributed by atoms with van der Waals surface area (Å²) in [5, 5.41) is 17.3. The predicted octanol–water partition coefficient (Wildman–Crippen LogP) is 4.39. The van der Waals surface area contributed by atoms with Gasteiger partial charge >= 0.3 is 0 Å². The van der Waals surface area contributed by atoms with Crippen LogP contribution in [0.5, 0.6) is 0 Å². The number of amides is 1. The highest BCUT2D eigenvalue weighted by Gasteiger charge is 2.22. The summed E-state index contributed by atoms with van der Waals surface area (Å²) in [6.45, 7) is 3.89. The van der Waals surface area contributed by atoms with E-state index in [2.05, 4.69) is 39.4 Å². The van der Waals surface area contributed by atoms with Crippen molar-refractivity contribution < 1.29 is 4.79 Å². The molecule has 30 heavy (non-hydrogen) atoms. The zero-order valence-electron chi connectivity index (χ0n) is 16.6. The molecule has 1 amide bonds. The molecular formula is C21H18N6OS2. The Balaban J connectivity index is 1.66. The number of fused-ring (bicyclic) bond motifs is 1. The molecule has 0 bridgehead atoms. The summed E-state index contributed by atoms with van der Waals surface area (Å²) in [5.41, 5.74) is 2.53. The Morgan fingerprint density at radius 2 is 2.07 bits per heavy atom. The van der Waals surface area contributed by atoms with Gasteiger partial charge in [0.1, 0.15) is 33.6 Å². The first kappa shape index (κ1) is 20.1. The van der Waals surface area contributed by atoms with Gasteiger partial charge in [0.15, 0.2) is 0 Å². The summed E-state index contributed by atoms with van der Waals surface area (Å²) >= 11 is 3.00. The van der Waals surface area contributed by atoms with Crippen molar-refractivity contribution in [2.24, 2.45) is 7.05 Å². The van der Waals surface area contributed by atoms with Crippen molar-refractivity contribution >= 4 is 45.0 Å².